The molecule has 1 aromatic rings. The van der Waals surface area contributed by atoms with Gasteiger partial charge in [0, 0.05) is 6.04 Å². The first-order chi connectivity index (χ1) is 9.27. The van der Waals surface area contributed by atoms with Crippen molar-refractivity contribution in [3.05, 3.63) is 28.2 Å². The Balaban J connectivity index is 2.94. The van der Waals surface area contributed by atoms with Gasteiger partial charge in [-0.1, -0.05) is 44.0 Å². The average molecular weight is 338 g/mol. The summed E-state index contributed by atoms with van der Waals surface area (Å²) >= 11 is 11.7. The Bertz CT molecular complexity index is 544. The van der Waals surface area contributed by atoms with E-state index in [1.807, 2.05) is 13.8 Å². The fourth-order valence-corrected chi connectivity index (χ4v) is 3.92. The van der Waals surface area contributed by atoms with Gasteiger partial charge < -0.3 is 5.32 Å². The Morgan fingerprint density at radius 2 is 1.85 bits per heavy atom. The lowest BCUT2D eigenvalue weighted by Crippen LogP contribution is -2.40. The quantitative estimate of drug-likeness (QED) is 0.823. The molecular formula is C14H21Cl2NO2S. The Labute approximate surface area is 131 Å². The molecule has 114 valence electrons. The van der Waals surface area contributed by atoms with E-state index in [4.69, 9.17) is 23.2 Å². The molecule has 0 aliphatic heterocycles. The Morgan fingerprint density at radius 1 is 1.20 bits per heavy atom. The van der Waals surface area contributed by atoms with Crippen LogP contribution in [0.4, 0.5) is 0 Å². The summed E-state index contributed by atoms with van der Waals surface area (Å²) < 4.78 is 24.9. The van der Waals surface area contributed by atoms with Crippen LogP contribution >= 0.6 is 23.2 Å². The van der Waals surface area contributed by atoms with Crippen LogP contribution in [-0.2, 0) is 9.84 Å². The number of halogens is 2. The van der Waals surface area contributed by atoms with Gasteiger partial charge in [0.15, 0.2) is 9.84 Å². The monoisotopic (exact) mass is 337 g/mol. The molecule has 1 N–H and O–H groups in total. The van der Waals surface area contributed by atoms with Gasteiger partial charge in [0.25, 0.3) is 0 Å². The second kappa shape index (κ2) is 7.64. The van der Waals surface area contributed by atoms with Crippen molar-refractivity contribution in [2.45, 2.75) is 38.1 Å². The van der Waals surface area contributed by atoms with Gasteiger partial charge in [0.05, 0.1) is 20.7 Å². The van der Waals surface area contributed by atoms with E-state index < -0.39 is 9.84 Å². The molecule has 0 bridgehead atoms. The molecule has 0 aliphatic rings. The Morgan fingerprint density at radius 3 is 2.35 bits per heavy atom. The normalized spacial score (nSPS) is 13.7. The second-order valence-corrected chi connectivity index (χ2v) is 8.01. The topological polar surface area (TPSA) is 46.2 Å². The van der Waals surface area contributed by atoms with Crippen LogP contribution in [0.15, 0.2) is 23.1 Å². The van der Waals surface area contributed by atoms with Crippen molar-refractivity contribution in [1.82, 2.24) is 5.32 Å². The number of rotatable bonds is 7. The lowest BCUT2D eigenvalue weighted by atomic mass is 10.1. The number of benzene rings is 1. The van der Waals surface area contributed by atoms with Crippen LogP contribution in [0.1, 0.15) is 27.2 Å². The minimum Gasteiger partial charge on any atom is -0.313 e. The number of hydrogen-bond donors (Lipinski definition) is 1. The third-order valence-electron chi connectivity index (χ3n) is 3.11. The summed E-state index contributed by atoms with van der Waals surface area (Å²) in [5.74, 6) is 0.293. The van der Waals surface area contributed by atoms with Gasteiger partial charge in [-0.15, -0.1) is 0 Å². The first kappa shape index (κ1) is 17.8. The van der Waals surface area contributed by atoms with Crippen LogP contribution in [0.5, 0.6) is 0 Å². The maximum atomic E-state index is 12.4. The molecule has 0 aromatic heterocycles. The summed E-state index contributed by atoms with van der Waals surface area (Å²) in [5, 5.41) is 3.90. The molecule has 3 nitrogen and oxygen atoms in total. The van der Waals surface area contributed by atoms with Gasteiger partial charge in [-0.2, -0.15) is 0 Å². The van der Waals surface area contributed by atoms with E-state index in [2.05, 4.69) is 12.2 Å². The molecule has 1 rings (SSSR count). The zero-order valence-electron chi connectivity index (χ0n) is 12.0. The first-order valence-electron chi connectivity index (χ1n) is 6.69. The molecule has 0 saturated carbocycles. The minimum absolute atomic E-state index is 0.0582. The molecule has 0 fully saturated rings. The Kier molecular flexibility index (Phi) is 6.79. The van der Waals surface area contributed by atoms with Crippen LogP contribution in [0.25, 0.3) is 0 Å². The van der Waals surface area contributed by atoms with Crippen LogP contribution in [0.2, 0.25) is 10.0 Å². The molecule has 0 amide bonds. The molecule has 20 heavy (non-hydrogen) atoms. The molecular weight excluding hydrogens is 317 g/mol. The molecule has 0 heterocycles. The summed E-state index contributed by atoms with van der Waals surface area (Å²) in [7, 11) is -3.38. The standard InChI is InChI=1S/C14H21Cl2NO2S/c1-4-7-17-14(10(2)3)9-20(18,19)11-5-6-12(15)13(16)8-11/h5-6,8,10,14,17H,4,7,9H2,1-3H3. The smallest absolute Gasteiger partial charge is 0.179 e. The van der Waals surface area contributed by atoms with E-state index >= 15 is 0 Å². The summed E-state index contributed by atoms with van der Waals surface area (Å²) in [6, 6.07) is 4.35. The van der Waals surface area contributed by atoms with E-state index in [0.717, 1.165) is 13.0 Å². The maximum Gasteiger partial charge on any atom is 0.179 e. The van der Waals surface area contributed by atoms with Crippen LogP contribution < -0.4 is 5.32 Å². The molecule has 0 saturated heterocycles. The van der Waals surface area contributed by atoms with E-state index in [-0.39, 0.29) is 27.6 Å². The van der Waals surface area contributed by atoms with Crippen molar-refractivity contribution in [3.8, 4) is 0 Å². The van der Waals surface area contributed by atoms with E-state index in [1.165, 1.54) is 18.2 Å². The highest BCUT2D eigenvalue weighted by Crippen LogP contribution is 2.26. The van der Waals surface area contributed by atoms with Crippen molar-refractivity contribution in [1.29, 1.82) is 0 Å². The largest absolute Gasteiger partial charge is 0.313 e. The van der Waals surface area contributed by atoms with Crippen molar-refractivity contribution in [3.63, 3.8) is 0 Å². The SMILES string of the molecule is CCCNC(CS(=O)(=O)c1ccc(Cl)c(Cl)c1)C(C)C. The lowest BCUT2D eigenvalue weighted by Gasteiger charge is -2.22. The summed E-state index contributed by atoms with van der Waals surface area (Å²) in [6.45, 7) is 6.88. The van der Waals surface area contributed by atoms with E-state index in [0.29, 0.717) is 5.02 Å². The van der Waals surface area contributed by atoms with Gasteiger partial charge >= 0.3 is 0 Å². The molecule has 0 spiro atoms. The summed E-state index contributed by atoms with van der Waals surface area (Å²) in [5.41, 5.74) is 0. The molecule has 1 unspecified atom stereocenters. The predicted octanol–water partition coefficient (Wildman–Crippen LogP) is 3.79. The Hall–Kier alpha value is -0.290. The first-order valence-corrected chi connectivity index (χ1v) is 9.10. The van der Waals surface area contributed by atoms with E-state index in [9.17, 15) is 8.42 Å². The van der Waals surface area contributed by atoms with Gasteiger partial charge in [-0.25, -0.2) is 8.42 Å². The molecule has 6 heteroatoms. The highest BCUT2D eigenvalue weighted by atomic mass is 35.5. The highest BCUT2D eigenvalue weighted by molar-refractivity contribution is 7.91. The van der Waals surface area contributed by atoms with Gasteiger partial charge in [-0.05, 0) is 37.1 Å². The molecule has 1 aromatic carbocycles. The van der Waals surface area contributed by atoms with Crippen LogP contribution in [-0.4, -0.2) is 26.8 Å². The third-order valence-corrected chi connectivity index (χ3v) is 5.62. The fourth-order valence-electron chi connectivity index (χ4n) is 1.82. The molecule has 0 radical (unpaired) electrons. The summed E-state index contributed by atoms with van der Waals surface area (Å²) in [6.07, 6.45) is 0.968. The van der Waals surface area contributed by atoms with Crippen molar-refractivity contribution in [2.75, 3.05) is 12.3 Å². The number of sulfone groups is 1. The van der Waals surface area contributed by atoms with Crippen LogP contribution in [0.3, 0.4) is 0 Å². The maximum absolute atomic E-state index is 12.4. The van der Waals surface area contributed by atoms with E-state index in [1.54, 1.807) is 0 Å². The lowest BCUT2D eigenvalue weighted by molar-refractivity contribution is 0.426. The molecule has 0 aliphatic carbocycles. The fraction of sp³-hybridized carbons (Fsp3) is 0.571. The summed E-state index contributed by atoms with van der Waals surface area (Å²) in [4.78, 5) is 0.218. The predicted molar refractivity (Wildman–Crippen MR) is 85.4 cm³/mol. The highest BCUT2D eigenvalue weighted by Gasteiger charge is 2.23. The third kappa shape index (κ3) is 4.92. The number of hydrogen-bond acceptors (Lipinski definition) is 3. The minimum atomic E-state index is -3.38. The van der Waals surface area contributed by atoms with Crippen molar-refractivity contribution >= 4 is 33.0 Å². The van der Waals surface area contributed by atoms with Crippen LogP contribution in [0, 0.1) is 5.92 Å². The van der Waals surface area contributed by atoms with Crippen molar-refractivity contribution in [2.24, 2.45) is 5.92 Å². The zero-order chi connectivity index (χ0) is 15.3. The zero-order valence-corrected chi connectivity index (χ0v) is 14.3. The van der Waals surface area contributed by atoms with Gasteiger partial charge in [0.2, 0.25) is 0 Å². The average Bonchev–Trinajstić information content (AvgIpc) is 2.37. The molecule has 1 atom stereocenters. The van der Waals surface area contributed by atoms with Gasteiger partial charge in [0.1, 0.15) is 0 Å². The van der Waals surface area contributed by atoms with Gasteiger partial charge in [-0.3, -0.25) is 0 Å². The van der Waals surface area contributed by atoms with Crippen molar-refractivity contribution < 1.29 is 8.42 Å². The number of nitrogens with one attached hydrogen (secondary N) is 1. The second-order valence-electron chi connectivity index (χ2n) is 5.16.